The lowest BCUT2D eigenvalue weighted by molar-refractivity contribution is 0.784. The van der Waals surface area contributed by atoms with Crippen molar-refractivity contribution in [1.82, 2.24) is 4.98 Å². The Morgan fingerprint density at radius 1 is 1.33 bits per heavy atom. The van der Waals surface area contributed by atoms with Gasteiger partial charge >= 0.3 is 0 Å². The molecule has 0 rings (SSSR count). The third-order valence-corrected chi connectivity index (χ3v) is 2.35. The zero-order valence-corrected chi connectivity index (χ0v) is 7.70. The van der Waals surface area contributed by atoms with E-state index in [1.54, 1.807) is 0 Å². The lowest BCUT2D eigenvalue weighted by Crippen LogP contribution is -2.42. The van der Waals surface area contributed by atoms with Crippen LogP contribution in [0.15, 0.2) is 0 Å². The zero-order valence-electron chi connectivity index (χ0n) is 6.70. The highest BCUT2D eigenvalue weighted by Crippen LogP contribution is 1.92. The minimum atomic E-state index is -1.00. The van der Waals surface area contributed by atoms with Crippen LogP contribution in [-0.2, 0) is 0 Å². The predicted molar refractivity (Wildman–Crippen MR) is 45.0 cm³/mol. The molecule has 0 aliphatic rings. The SMILES string of the molecule is C[Si](C)(C)NCCCN. The molecule has 0 aromatic heterocycles. The summed E-state index contributed by atoms with van der Waals surface area (Å²) in [7, 11) is -1.00. The molecule has 0 unspecified atom stereocenters. The quantitative estimate of drug-likeness (QED) is 0.454. The molecule has 0 atom stereocenters. The van der Waals surface area contributed by atoms with Crippen LogP contribution in [0.4, 0.5) is 0 Å². The largest absolute Gasteiger partial charge is 0.337 e. The van der Waals surface area contributed by atoms with Gasteiger partial charge in [-0.25, -0.2) is 0 Å². The van der Waals surface area contributed by atoms with Crippen molar-refractivity contribution in [1.29, 1.82) is 0 Å². The highest BCUT2D eigenvalue weighted by molar-refractivity contribution is 6.73. The van der Waals surface area contributed by atoms with E-state index in [0.29, 0.717) is 0 Å². The van der Waals surface area contributed by atoms with E-state index in [1.807, 2.05) is 0 Å². The van der Waals surface area contributed by atoms with Crippen LogP contribution in [0.3, 0.4) is 0 Å². The van der Waals surface area contributed by atoms with Gasteiger partial charge in [0.05, 0.1) is 0 Å². The standard InChI is InChI=1S/C6H18N2Si/c1-9(2,3)8-6-4-5-7/h8H,4-7H2,1-3H3. The van der Waals surface area contributed by atoms with Gasteiger partial charge in [0.1, 0.15) is 8.24 Å². The highest BCUT2D eigenvalue weighted by atomic mass is 28.3. The summed E-state index contributed by atoms with van der Waals surface area (Å²) in [5.74, 6) is 0. The maximum absolute atomic E-state index is 5.33. The monoisotopic (exact) mass is 146 g/mol. The molecule has 0 radical (unpaired) electrons. The van der Waals surface area contributed by atoms with Crippen LogP contribution in [0.1, 0.15) is 6.42 Å². The molecule has 0 saturated heterocycles. The maximum Gasteiger partial charge on any atom is 0.116 e. The molecular weight excluding hydrogens is 128 g/mol. The van der Waals surface area contributed by atoms with Gasteiger partial charge in [0.2, 0.25) is 0 Å². The van der Waals surface area contributed by atoms with Gasteiger partial charge in [-0.3, -0.25) is 0 Å². The van der Waals surface area contributed by atoms with Crippen LogP contribution < -0.4 is 10.7 Å². The Morgan fingerprint density at radius 2 is 1.89 bits per heavy atom. The van der Waals surface area contributed by atoms with Gasteiger partial charge in [-0.15, -0.1) is 0 Å². The third-order valence-electron chi connectivity index (χ3n) is 1.04. The van der Waals surface area contributed by atoms with E-state index in [4.69, 9.17) is 5.73 Å². The van der Waals surface area contributed by atoms with Gasteiger partial charge < -0.3 is 10.7 Å². The lowest BCUT2D eigenvalue weighted by atomic mass is 10.4. The Morgan fingerprint density at radius 3 is 2.22 bits per heavy atom. The second-order valence-corrected chi connectivity index (χ2v) is 8.17. The number of nitrogens with two attached hydrogens (primary N) is 1. The fourth-order valence-corrected chi connectivity index (χ4v) is 1.49. The first-order chi connectivity index (χ1) is 4.06. The van der Waals surface area contributed by atoms with Crippen molar-refractivity contribution in [2.24, 2.45) is 5.73 Å². The normalized spacial score (nSPS) is 12.0. The van der Waals surface area contributed by atoms with E-state index in [9.17, 15) is 0 Å². The average molecular weight is 146 g/mol. The molecule has 0 fully saturated rings. The first-order valence-corrected chi connectivity index (χ1v) is 7.01. The number of hydrogen-bond acceptors (Lipinski definition) is 2. The van der Waals surface area contributed by atoms with Crippen LogP contribution in [0.25, 0.3) is 0 Å². The zero-order chi connectivity index (χ0) is 7.33. The molecular formula is C6H18N2Si. The van der Waals surface area contributed by atoms with Gasteiger partial charge in [0, 0.05) is 0 Å². The van der Waals surface area contributed by atoms with Crippen molar-refractivity contribution >= 4 is 8.24 Å². The minimum Gasteiger partial charge on any atom is -0.337 e. The molecule has 3 N–H and O–H groups in total. The van der Waals surface area contributed by atoms with Crippen LogP contribution in [0.5, 0.6) is 0 Å². The molecule has 0 aliphatic heterocycles. The number of nitrogens with one attached hydrogen (secondary N) is 1. The maximum atomic E-state index is 5.33. The van der Waals surface area contributed by atoms with Crippen LogP contribution in [0.2, 0.25) is 19.6 Å². The molecule has 3 heteroatoms. The summed E-state index contributed by atoms with van der Waals surface area (Å²) in [4.78, 5) is 3.48. The molecule has 2 nitrogen and oxygen atoms in total. The van der Waals surface area contributed by atoms with Gasteiger partial charge in [0.25, 0.3) is 0 Å². The van der Waals surface area contributed by atoms with Gasteiger partial charge in [-0.1, -0.05) is 19.6 Å². The van der Waals surface area contributed by atoms with Gasteiger partial charge in [-0.2, -0.15) is 0 Å². The average Bonchev–Trinajstić information content (AvgIpc) is 1.63. The highest BCUT2D eigenvalue weighted by Gasteiger charge is 2.09. The smallest absolute Gasteiger partial charge is 0.116 e. The van der Waals surface area contributed by atoms with Crippen molar-refractivity contribution < 1.29 is 0 Å². The molecule has 0 aliphatic carbocycles. The fourth-order valence-electron chi connectivity index (χ4n) is 0.565. The second-order valence-electron chi connectivity index (χ2n) is 3.32. The van der Waals surface area contributed by atoms with Crippen LogP contribution >= 0.6 is 0 Å². The fraction of sp³-hybridized carbons (Fsp3) is 1.00. The lowest BCUT2D eigenvalue weighted by Gasteiger charge is -2.17. The third kappa shape index (κ3) is 8.14. The molecule has 0 aromatic carbocycles. The van der Waals surface area contributed by atoms with Crippen molar-refractivity contribution in [2.45, 2.75) is 26.1 Å². The van der Waals surface area contributed by atoms with Gasteiger partial charge in [0.15, 0.2) is 0 Å². The van der Waals surface area contributed by atoms with Crippen LogP contribution in [0, 0.1) is 0 Å². The molecule has 0 aromatic rings. The van der Waals surface area contributed by atoms with Crippen molar-refractivity contribution in [2.75, 3.05) is 13.1 Å². The molecule has 0 saturated carbocycles. The first kappa shape index (κ1) is 9.14. The molecule has 56 valence electrons. The molecule has 0 amide bonds. The summed E-state index contributed by atoms with van der Waals surface area (Å²) >= 11 is 0. The van der Waals surface area contributed by atoms with Crippen molar-refractivity contribution in [3.63, 3.8) is 0 Å². The minimum absolute atomic E-state index is 0.803. The Labute approximate surface area is 58.9 Å². The molecule has 9 heavy (non-hydrogen) atoms. The van der Waals surface area contributed by atoms with E-state index >= 15 is 0 Å². The van der Waals surface area contributed by atoms with Crippen LogP contribution in [-0.4, -0.2) is 21.3 Å². The van der Waals surface area contributed by atoms with E-state index in [0.717, 1.165) is 19.5 Å². The Kier molecular flexibility index (Phi) is 4.09. The van der Waals surface area contributed by atoms with Crippen molar-refractivity contribution in [3.05, 3.63) is 0 Å². The van der Waals surface area contributed by atoms with E-state index in [1.165, 1.54) is 0 Å². The summed E-state index contributed by atoms with van der Waals surface area (Å²) in [5.41, 5.74) is 5.33. The summed E-state index contributed by atoms with van der Waals surface area (Å²) in [6.45, 7) is 8.78. The number of rotatable bonds is 4. The van der Waals surface area contributed by atoms with Gasteiger partial charge in [-0.05, 0) is 19.5 Å². The topological polar surface area (TPSA) is 38.0 Å². The molecule has 0 heterocycles. The molecule has 0 bridgehead atoms. The Hall–Kier alpha value is 0.137. The number of hydrogen-bond donors (Lipinski definition) is 2. The Bertz CT molecular complexity index is 67.9. The predicted octanol–water partition coefficient (Wildman–Crippen LogP) is 0.760. The van der Waals surface area contributed by atoms with E-state index < -0.39 is 8.24 Å². The second kappa shape index (κ2) is 4.03. The summed E-state index contributed by atoms with van der Waals surface area (Å²) < 4.78 is 0. The van der Waals surface area contributed by atoms with Crippen molar-refractivity contribution in [3.8, 4) is 0 Å². The molecule has 0 spiro atoms. The first-order valence-electron chi connectivity index (χ1n) is 3.51. The summed E-state index contributed by atoms with van der Waals surface area (Å²) in [5, 5.41) is 0. The van der Waals surface area contributed by atoms with E-state index in [-0.39, 0.29) is 0 Å². The van der Waals surface area contributed by atoms with E-state index in [2.05, 4.69) is 24.6 Å². The Balaban J connectivity index is 3.07. The summed E-state index contributed by atoms with van der Waals surface area (Å²) in [6, 6.07) is 0. The summed E-state index contributed by atoms with van der Waals surface area (Å²) in [6.07, 6.45) is 1.10.